The second-order valence-corrected chi connectivity index (χ2v) is 7.04. The first kappa shape index (κ1) is 21.1. The molecule has 1 heterocycles. The Morgan fingerprint density at radius 1 is 0.875 bits per heavy atom. The summed E-state index contributed by atoms with van der Waals surface area (Å²) in [5.74, 6) is -1.14. The summed E-state index contributed by atoms with van der Waals surface area (Å²) in [4.78, 5) is 11.1. The first-order valence-electron chi connectivity index (χ1n) is 9.65. The Morgan fingerprint density at radius 3 is 2.28 bits per heavy atom. The third kappa shape index (κ3) is 4.62. The molecule has 4 rings (SSSR count). The molecule has 32 heavy (non-hydrogen) atoms. The fourth-order valence-corrected chi connectivity index (χ4v) is 3.33. The van der Waals surface area contributed by atoms with Gasteiger partial charge in [-0.2, -0.15) is 18.3 Å². The fraction of sp³-hybridized carbons (Fsp3) is 0.0400. The molecule has 1 N–H and O–H groups in total. The van der Waals surface area contributed by atoms with E-state index in [1.165, 1.54) is 29.1 Å². The molecule has 0 aliphatic heterocycles. The number of hydrogen-bond acceptors (Lipinski definition) is 2. The van der Waals surface area contributed by atoms with E-state index in [1.54, 1.807) is 0 Å². The minimum atomic E-state index is -4.48. The third-order valence-electron chi connectivity index (χ3n) is 4.83. The number of alkyl halides is 3. The van der Waals surface area contributed by atoms with Gasteiger partial charge >= 0.3 is 12.1 Å². The Kier molecular flexibility index (Phi) is 5.64. The summed E-state index contributed by atoms with van der Waals surface area (Å²) in [5, 5.41) is 13.5. The lowest BCUT2D eigenvalue weighted by Gasteiger charge is -2.08. The standard InChI is InChI=1S/C25H17F3N2O2/c26-25(27,28)21-10-5-11-22(15-21)30-16-20(12-13-23(31)32)24(29-30)19-9-4-8-18(14-19)17-6-2-1-3-7-17/h1-16H,(H,31,32)/b13-12+. The second-order valence-electron chi connectivity index (χ2n) is 7.04. The molecule has 0 bridgehead atoms. The number of rotatable bonds is 5. The summed E-state index contributed by atoms with van der Waals surface area (Å²) in [6, 6.07) is 22.0. The molecule has 0 fully saturated rings. The summed E-state index contributed by atoms with van der Waals surface area (Å²) in [7, 11) is 0. The van der Waals surface area contributed by atoms with E-state index in [9.17, 15) is 18.0 Å². The highest BCUT2D eigenvalue weighted by Gasteiger charge is 2.30. The van der Waals surface area contributed by atoms with Gasteiger partial charge in [0, 0.05) is 23.4 Å². The number of carboxylic acid groups (broad SMARTS) is 1. The summed E-state index contributed by atoms with van der Waals surface area (Å²) in [5.41, 5.74) is 2.99. The van der Waals surface area contributed by atoms with E-state index in [1.807, 2.05) is 54.6 Å². The van der Waals surface area contributed by atoms with E-state index >= 15 is 0 Å². The molecule has 160 valence electrons. The molecule has 0 saturated carbocycles. The van der Waals surface area contributed by atoms with Gasteiger partial charge in [-0.3, -0.25) is 0 Å². The molecule has 3 aromatic carbocycles. The molecule has 0 aliphatic carbocycles. The molecular formula is C25H17F3N2O2. The Morgan fingerprint density at radius 2 is 1.56 bits per heavy atom. The maximum absolute atomic E-state index is 13.1. The van der Waals surface area contributed by atoms with Gasteiger partial charge in [-0.25, -0.2) is 9.48 Å². The topological polar surface area (TPSA) is 55.1 Å². The molecule has 1 aromatic heterocycles. The van der Waals surface area contributed by atoms with Crippen LogP contribution in [0.2, 0.25) is 0 Å². The van der Waals surface area contributed by atoms with Gasteiger partial charge in [0.25, 0.3) is 0 Å². The number of benzene rings is 3. The van der Waals surface area contributed by atoms with Crippen molar-refractivity contribution in [1.29, 1.82) is 0 Å². The predicted molar refractivity (Wildman–Crippen MR) is 116 cm³/mol. The fourth-order valence-electron chi connectivity index (χ4n) is 3.33. The van der Waals surface area contributed by atoms with Gasteiger partial charge in [-0.15, -0.1) is 0 Å². The first-order chi connectivity index (χ1) is 15.3. The van der Waals surface area contributed by atoms with Gasteiger partial charge in [-0.1, -0.05) is 54.6 Å². The minimum Gasteiger partial charge on any atom is -0.478 e. The van der Waals surface area contributed by atoms with E-state index in [2.05, 4.69) is 5.10 Å². The lowest BCUT2D eigenvalue weighted by Crippen LogP contribution is -2.06. The lowest BCUT2D eigenvalue weighted by atomic mass is 10.0. The molecule has 4 aromatic rings. The number of aliphatic carboxylic acids is 1. The third-order valence-corrected chi connectivity index (χ3v) is 4.83. The number of aromatic nitrogens is 2. The zero-order chi connectivity index (χ0) is 22.7. The largest absolute Gasteiger partial charge is 0.478 e. The van der Waals surface area contributed by atoms with Crippen molar-refractivity contribution in [2.75, 3.05) is 0 Å². The quantitative estimate of drug-likeness (QED) is 0.374. The van der Waals surface area contributed by atoms with Crippen molar-refractivity contribution in [2.24, 2.45) is 0 Å². The summed E-state index contributed by atoms with van der Waals surface area (Å²) in [6.07, 6.45) is -0.622. The molecule has 0 amide bonds. The lowest BCUT2D eigenvalue weighted by molar-refractivity contribution is -0.137. The second kappa shape index (κ2) is 8.55. The van der Waals surface area contributed by atoms with Crippen LogP contribution in [0, 0.1) is 0 Å². The average molecular weight is 434 g/mol. The van der Waals surface area contributed by atoms with Gasteiger partial charge in [0.1, 0.15) is 0 Å². The van der Waals surface area contributed by atoms with Gasteiger partial charge in [0.15, 0.2) is 0 Å². The van der Waals surface area contributed by atoms with Crippen LogP contribution < -0.4 is 0 Å². The van der Waals surface area contributed by atoms with Crippen molar-refractivity contribution in [2.45, 2.75) is 6.18 Å². The predicted octanol–water partition coefficient (Wildman–Crippen LogP) is 6.32. The van der Waals surface area contributed by atoms with Crippen molar-refractivity contribution in [3.05, 3.63) is 102 Å². The van der Waals surface area contributed by atoms with Crippen LogP contribution in [0.15, 0.2) is 91.1 Å². The van der Waals surface area contributed by atoms with Crippen LogP contribution in [0.5, 0.6) is 0 Å². The summed E-state index contributed by atoms with van der Waals surface area (Å²) >= 11 is 0. The van der Waals surface area contributed by atoms with Crippen LogP contribution in [-0.2, 0) is 11.0 Å². The van der Waals surface area contributed by atoms with Crippen molar-refractivity contribution < 1.29 is 23.1 Å². The molecule has 0 unspecified atom stereocenters. The Bertz CT molecular complexity index is 1290. The zero-order valence-electron chi connectivity index (χ0n) is 16.6. The number of nitrogens with zero attached hydrogens (tertiary/aromatic N) is 2. The Balaban J connectivity index is 1.82. The van der Waals surface area contributed by atoms with E-state index < -0.39 is 17.7 Å². The molecule has 0 atom stereocenters. The van der Waals surface area contributed by atoms with Gasteiger partial charge in [0.05, 0.1) is 16.9 Å². The van der Waals surface area contributed by atoms with E-state index in [0.29, 0.717) is 16.8 Å². The van der Waals surface area contributed by atoms with Crippen molar-refractivity contribution in [3.8, 4) is 28.1 Å². The van der Waals surface area contributed by atoms with Crippen molar-refractivity contribution >= 4 is 12.0 Å². The highest BCUT2D eigenvalue weighted by atomic mass is 19.4. The minimum absolute atomic E-state index is 0.218. The van der Waals surface area contributed by atoms with E-state index in [4.69, 9.17) is 5.11 Å². The molecular weight excluding hydrogens is 417 g/mol. The maximum Gasteiger partial charge on any atom is 0.416 e. The van der Waals surface area contributed by atoms with Crippen LogP contribution in [0.4, 0.5) is 13.2 Å². The number of halogens is 3. The van der Waals surface area contributed by atoms with E-state index in [0.717, 1.165) is 29.3 Å². The Hall–Kier alpha value is -4.13. The molecule has 0 saturated heterocycles. The summed E-state index contributed by atoms with van der Waals surface area (Å²) < 4.78 is 40.7. The monoisotopic (exact) mass is 434 g/mol. The molecule has 0 spiro atoms. The van der Waals surface area contributed by atoms with Crippen LogP contribution in [-0.4, -0.2) is 20.9 Å². The van der Waals surface area contributed by atoms with E-state index in [-0.39, 0.29) is 5.69 Å². The van der Waals surface area contributed by atoms with Gasteiger partial charge in [-0.05, 0) is 41.5 Å². The maximum atomic E-state index is 13.1. The van der Waals surface area contributed by atoms with Crippen LogP contribution in [0.25, 0.3) is 34.1 Å². The number of hydrogen-bond donors (Lipinski definition) is 1. The average Bonchev–Trinajstić information content (AvgIpc) is 3.22. The number of carboxylic acids is 1. The van der Waals surface area contributed by atoms with Crippen LogP contribution >= 0.6 is 0 Å². The molecule has 7 heteroatoms. The first-order valence-corrected chi connectivity index (χ1v) is 9.65. The zero-order valence-corrected chi connectivity index (χ0v) is 16.6. The van der Waals surface area contributed by atoms with Crippen LogP contribution in [0.3, 0.4) is 0 Å². The van der Waals surface area contributed by atoms with Crippen molar-refractivity contribution in [1.82, 2.24) is 9.78 Å². The summed E-state index contributed by atoms with van der Waals surface area (Å²) in [6.45, 7) is 0. The Labute approximate surface area is 181 Å². The molecule has 0 aliphatic rings. The van der Waals surface area contributed by atoms with Gasteiger partial charge in [0.2, 0.25) is 0 Å². The smallest absolute Gasteiger partial charge is 0.416 e. The normalized spacial score (nSPS) is 11.7. The van der Waals surface area contributed by atoms with Crippen molar-refractivity contribution in [3.63, 3.8) is 0 Å². The highest BCUT2D eigenvalue weighted by Crippen LogP contribution is 2.32. The van der Waals surface area contributed by atoms with Gasteiger partial charge < -0.3 is 5.11 Å². The highest BCUT2D eigenvalue weighted by molar-refractivity contribution is 5.87. The SMILES string of the molecule is O=C(O)/C=C/c1cn(-c2cccc(C(F)(F)F)c2)nc1-c1cccc(-c2ccccc2)c1. The van der Waals surface area contributed by atoms with Crippen LogP contribution in [0.1, 0.15) is 11.1 Å². The molecule has 0 radical (unpaired) electrons. The number of carbonyl (C=O) groups is 1. The molecule has 4 nitrogen and oxygen atoms in total.